The summed E-state index contributed by atoms with van der Waals surface area (Å²) in [4.78, 5) is 3.82. The second kappa shape index (κ2) is 13.0. The molecule has 3 aromatic rings. The number of ether oxygens (including phenoxy) is 2. The quantitative estimate of drug-likeness (QED) is 0.306. The number of rotatable bonds is 8. The summed E-state index contributed by atoms with van der Waals surface area (Å²) >= 11 is 1.64. The van der Waals surface area contributed by atoms with Crippen molar-refractivity contribution in [1.82, 2.24) is 4.90 Å². The van der Waals surface area contributed by atoms with E-state index in [2.05, 4.69) is 51.6 Å². The largest absolute Gasteiger partial charge is 0.495 e. The van der Waals surface area contributed by atoms with Gasteiger partial charge in [-0.05, 0) is 56.7 Å². The number of methoxy groups -OCH3 is 1. The van der Waals surface area contributed by atoms with Crippen LogP contribution < -0.4 is 15.4 Å². The Morgan fingerprint density at radius 2 is 1.89 bits per heavy atom. The van der Waals surface area contributed by atoms with E-state index < -0.39 is 9.84 Å². The van der Waals surface area contributed by atoms with E-state index in [1.54, 1.807) is 23.5 Å². The smallest absolute Gasteiger partial charge is 0.175 e. The van der Waals surface area contributed by atoms with Gasteiger partial charge < -0.3 is 20.1 Å². The Balaban J connectivity index is 1.11. The molecule has 0 unspecified atom stereocenters. The number of hydrogen-bond acceptors (Lipinski definition) is 9. The zero-order chi connectivity index (χ0) is 30.7. The molecule has 6 rings (SSSR count). The van der Waals surface area contributed by atoms with E-state index in [0.29, 0.717) is 41.9 Å². The first-order chi connectivity index (χ1) is 21.3. The Hall–Kier alpha value is -3.28. The molecule has 8 nitrogen and oxygen atoms in total. The van der Waals surface area contributed by atoms with Gasteiger partial charge in [-0.1, -0.05) is 24.0 Å². The fraction of sp³-hybridized carbons (Fsp3) is 0.500. The molecule has 10 heteroatoms. The summed E-state index contributed by atoms with van der Waals surface area (Å²) in [5.41, 5.74) is 3.30. The van der Waals surface area contributed by atoms with Crippen molar-refractivity contribution in [1.29, 1.82) is 5.26 Å². The second-order valence-corrected chi connectivity index (χ2v) is 15.4. The number of likely N-dealkylation sites (tertiary alicyclic amines) is 1. The predicted octanol–water partition coefficient (Wildman–Crippen LogP) is 5.68. The number of hydrogen-bond donors (Lipinski definition) is 2. The Morgan fingerprint density at radius 1 is 1.11 bits per heavy atom. The number of nitriles is 1. The highest BCUT2D eigenvalue weighted by Gasteiger charge is 2.46. The number of sulfone groups is 1. The molecule has 0 amide bonds. The van der Waals surface area contributed by atoms with Gasteiger partial charge in [0, 0.05) is 67.1 Å². The van der Waals surface area contributed by atoms with Crippen molar-refractivity contribution in [2.24, 2.45) is 5.41 Å². The summed E-state index contributed by atoms with van der Waals surface area (Å²) in [7, 11) is -1.82. The number of nitrogens with one attached hydrogen (secondary N) is 2. The Morgan fingerprint density at radius 3 is 2.59 bits per heavy atom. The lowest BCUT2D eigenvalue weighted by molar-refractivity contribution is -0.102. The van der Waals surface area contributed by atoms with E-state index in [4.69, 9.17) is 9.47 Å². The molecule has 3 fully saturated rings. The molecule has 1 spiro atoms. The minimum atomic E-state index is -3.33. The average molecular weight is 633 g/mol. The van der Waals surface area contributed by atoms with Gasteiger partial charge in [0.1, 0.15) is 5.75 Å². The predicted molar refractivity (Wildman–Crippen MR) is 176 cm³/mol. The number of fused-ring (bicyclic) bond motifs is 1. The molecule has 0 bridgehead atoms. The van der Waals surface area contributed by atoms with E-state index in [-0.39, 0.29) is 4.90 Å². The van der Waals surface area contributed by atoms with Gasteiger partial charge in [-0.2, -0.15) is 5.26 Å². The van der Waals surface area contributed by atoms with Crippen LogP contribution >= 0.6 is 11.3 Å². The summed E-state index contributed by atoms with van der Waals surface area (Å²) in [5, 5.41) is 17.8. The third-order valence-corrected chi connectivity index (χ3v) is 11.8. The zero-order valence-electron chi connectivity index (χ0n) is 25.4. The third kappa shape index (κ3) is 6.55. The first-order valence-corrected chi connectivity index (χ1v) is 18.1. The van der Waals surface area contributed by atoms with Gasteiger partial charge in [0.25, 0.3) is 0 Å². The minimum absolute atomic E-state index is 0.203. The fourth-order valence-electron chi connectivity index (χ4n) is 6.95. The summed E-state index contributed by atoms with van der Waals surface area (Å²) in [6, 6.07) is 14.5. The Labute approximate surface area is 264 Å². The number of anilines is 2. The van der Waals surface area contributed by atoms with Gasteiger partial charge in [0.15, 0.2) is 9.84 Å². The van der Waals surface area contributed by atoms with Crippen molar-refractivity contribution in [3.63, 3.8) is 0 Å². The highest BCUT2D eigenvalue weighted by atomic mass is 32.2. The van der Waals surface area contributed by atoms with Crippen LogP contribution in [0, 0.1) is 28.6 Å². The van der Waals surface area contributed by atoms with Crippen LogP contribution in [-0.2, 0) is 21.0 Å². The number of thiophene rings is 1. The molecule has 3 heterocycles. The molecule has 2 aromatic carbocycles. The fourth-order valence-corrected chi connectivity index (χ4v) is 8.76. The lowest BCUT2D eigenvalue weighted by atomic mass is 9.71. The van der Waals surface area contributed by atoms with Gasteiger partial charge >= 0.3 is 0 Å². The lowest BCUT2D eigenvalue weighted by Crippen LogP contribution is -2.62. The Bertz CT molecular complexity index is 1710. The highest BCUT2D eigenvalue weighted by Crippen LogP contribution is 2.43. The summed E-state index contributed by atoms with van der Waals surface area (Å²) in [6.45, 7) is 4.69. The molecular weight excluding hydrogens is 593 g/mol. The molecule has 2 saturated heterocycles. The van der Waals surface area contributed by atoms with Gasteiger partial charge in [-0.3, -0.25) is 4.90 Å². The number of nitrogens with zero attached hydrogens (tertiary/aromatic N) is 2. The van der Waals surface area contributed by atoms with Crippen molar-refractivity contribution in [2.75, 3.05) is 56.8 Å². The molecule has 1 aromatic heterocycles. The second-order valence-electron chi connectivity index (χ2n) is 12.4. The third-order valence-electron chi connectivity index (χ3n) is 9.45. The monoisotopic (exact) mass is 632 g/mol. The molecule has 2 aliphatic heterocycles. The van der Waals surface area contributed by atoms with Crippen LogP contribution in [0.15, 0.2) is 41.3 Å². The summed E-state index contributed by atoms with van der Waals surface area (Å²) < 4.78 is 35.9. The van der Waals surface area contributed by atoms with E-state index in [1.165, 1.54) is 58.2 Å². The molecule has 1 saturated carbocycles. The first kappa shape index (κ1) is 30.7. The highest BCUT2D eigenvalue weighted by molar-refractivity contribution is 7.90. The maximum atomic E-state index is 11.9. The van der Waals surface area contributed by atoms with Crippen LogP contribution in [-0.4, -0.2) is 71.6 Å². The van der Waals surface area contributed by atoms with E-state index in [0.717, 1.165) is 52.3 Å². The minimum Gasteiger partial charge on any atom is -0.495 e. The standard InChI is InChI=1S/C34H40N4O4S2/c1-41-31-21-26(44(2,39)40)12-13-29(31)36-18-4-7-32-27(14-17-35)28-5-3-6-30(33(28)43-32)37-24-8-10-25(11-9-24)38-22-34(23-38)15-19-42-20-16-34/h3,5-6,12-13,21,24-25,36-37H,8-11,14-16,18-20,22-23H2,1-2H3. The molecule has 1 aliphatic carbocycles. The van der Waals surface area contributed by atoms with Crippen LogP contribution in [0.5, 0.6) is 5.75 Å². The zero-order valence-corrected chi connectivity index (χ0v) is 27.1. The topological polar surface area (TPSA) is 104 Å². The SMILES string of the molecule is COc1cc(S(C)(=O)=O)ccc1NCC#Cc1sc2c(NC3CCC(N4CC5(CCOCC5)C4)CC3)cccc2c1CC#N. The van der Waals surface area contributed by atoms with Crippen molar-refractivity contribution < 1.29 is 17.9 Å². The average Bonchev–Trinajstić information content (AvgIpc) is 3.36. The first-order valence-electron chi connectivity index (χ1n) is 15.4. The Kier molecular flexibility index (Phi) is 9.07. The molecule has 0 atom stereocenters. The van der Waals surface area contributed by atoms with Crippen LogP contribution in [0.3, 0.4) is 0 Å². The van der Waals surface area contributed by atoms with Crippen molar-refractivity contribution in [3.8, 4) is 23.7 Å². The number of benzene rings is 2. The van der Waals surface area contributed by atoms with Gasteiger partial charge in [0.2, 0.25) is 0 Å². The molecule has 0 radical (unpaired) electrons. The van der Waals surface area contributed by atoms with Crippen LogP contribution in [0.4, 0.5) is 11.4 Å². The molecule has 3 aliphatic rings. The van der Waals surface area contributed by atoms with Crippen molar-refractivity contribution in [2.45, 2.75) is 61.9 Å². The van der Waals surface area contributed by atoms with E-state index in [9.17, 15) is 13.7 Å². The van der Waals surface area contributed by atoms with E-state index in [1.807, 2.05) is 0 Å². The van der Waals surface area contributed by atoms with Crippen molar-refractivity contribution in [3.05, 3.63) is 46.8 Å². The lowest BCUT2D eigenvalue weighted by Gasteiger charge is -2.56. The van der Waals surface area contributed by atoms with Crippen LogP contribution in [0.25, 0.3) is 10.1 Å². The van der Waals surface area contributed by atoms with E-state index >= 15 is 0 Å². The molecule has 2 N–H and O–H groups in total. The summed E-state index contributed by atoms with van der Waals surface area (Å²) in [5.74, 6) is 6.93. The molecular formula is C34H40N4O4S2. The molecule has 44 heavy (non-hydrogen) atoms. The summed E-state index contributed by atoms with van der Waals surface area (Å²) in [6.07, 6.45) is 8.71. The van der Waals surface area contributed by atoms with Gasteiger partial charge in [0.05, 0.1) is 52.0 Å². The van der Waals surface area contributed by atoms with Gasteiger partial charge in [-0.15, -0.1) is 11.3 Å². The molecule has 232 valence electrons. The van der Waals surface area contributed by atoms with Crippen LogP contribution in [0.2, 0.25) is 0 Å². The van der Waals surface area contributed by atoms with Crippen LogP contribution in [0.1, 0.15) is 49.0 Å². The van der Waals surface area contributed by atoms with Crippen molar-refractivity contribution >= 4 is 42.6 Å². The normalized spacial score (nSPS) is 21.6. The maximum absolute atomic E-state index is 11.9. The van der Waals surface area contributed by atoms with Gasteiger partial charge in [-0.25, -0.2) is 8.42 Å². The maximum Gasteiger partial charge on any atom is 0.175 e.